The van der Waals surface area contributed by atoms with Gasteiger partial charge in [-0.2, -0.15) is 5.26 Å². The van der Waals surface area contributed by atoms with Gasteiger partial charge >= 0.3 is 0 Å². The van der Waals surface area contributed by atoms with Gasteiger partial charge in [0.1, 0.15) is 11.6 Å². The number of nitrogens with two attached hydrogens (primary N) is 1. The van der Waals surface area contributed by atoms with E-state index >= 15 is 0 Å². The quantitative estimate of drug-likeness (QED) is 0.316. The number of piperidine rings is 1. The number of anilines is 1. The monoisotopic (exact) mass is 535 g/mol. The van der Waals surface area contributed by atoms with Crippen LogP contribution in [0.15, 0.2) is 66.2 Å². The molecule has 5 rings (SSSR count). The number of likely N-dealkylation sites (tertiary alicyclic amines) is 1. The van der Waals surface area contributed by atoms with Crippen LogP contribution in [0.1, 0.15) is 69.7 Å². The van der Waals surface area contributed by atoms with Gasteiger partial charge in [0.15, 0.2) is 0 Å². The lowest BCUT2D eigenvalue weighted by atomic mass is 9.86. The smallest absolute Gasteiger partial charge is 0.234 e. The highest BCUT2D eigenvalue weighted by atomic mass is 16.5. The molecule has 1 aromatic heterocycles. The molecule has 2 heterocycles. The number of nitrogens with zero attached hydrogens (tertiary/aromatic N) is 3. The molecule has 1 saturated heterocycles. The lowest BCUT2D eigenvalue weighted by molar-refractivity contribution is 0.0738. The summed E-state index contributed by atoms with van der Waals surface area (Å²) >= 11 is 0. The number of benzene rings is 2. The Morgan fingerprint density at radius 1 is 1.07 bits per heavy atom. The maximum atomic E-state index is 9.52. The molecule has 0 amide bonds. The van der Waals surface area contributed by atoms with E-state index in [0.717, 1.165) is 56.7 Å². The van der Waals surface area contributed by atoms with Crippen LogP contribution in [-0.2, 0) is 5.54 Å². The second kappa shape index (κ2) is 12.1. The maximum absolute atomic E-state index is 9.52. The minimum absolute atomic E-state index is 0.0215. The van der Waals surface area contributed by atoms with E-state index in [2.05, 4.69) is 84.7 Å². The van der Waals surface area contributed by atoms with E-state index in [1.54, 1.807) is 0 Å². The number of ether oxygens (including phenoxy) is 1. The third-order valence-electron chi connectivity index (χ3n) is 8.65. The van der Waals surface area contributed by atoms with Crippen molar-refractivity contribution in [3.05, 3.63) is 83.1 Å². The summed E-state index contributed by atoms with van der Waals surface area (Å²) in [5, 5.41) is 13.3. The Morgan fingerprint density at radius 2 is 1.75 bits per heavy atom. The van der Waals surface area contributed by atoms with Crippen molar-refractivity contribution in [2.24, 2.45) is 5.92 Å². The summed E-state index contributed by atoms with van der Waals surface area (Å²) in [6, 6.07) is 23.6. The standard InChI is InChI=1S/C34H41N5O/c1-4-40-33-29(22-35)30(36)21-31(38-33)32(27-11-8-12-27)37-23-24-17-19-39(20-18-24)34(2,3)28-15-13-26(14-16-28)25-9-6-5-7-10-25/h5-7,9-10,13-16,21,24,37H,4,8,11-12,17-20,23H2,1-3H3,(H2,36,38). The van der Waals surface area contributed by atoms with Crippen molar-refractivity contribution in [2.75, 3.05) is 32.0 Å². The Morgan fingerprint density at radius 3 is 2.35 bits per heavy atom. The molecule has 40 heavy (non-hydrogen) atoms. The van der Waals surface area contributed by atoms with Gasteiger partial charge in [-0.25, -0.2) is 4.98 Å². The summed E-state index contributed by atoms with van der Waals surface area (Å²) in [6.07, 6.45) is 5.64. The van der Waals surface area contributed by atoms with Gasteiger partial charge < -0.3 is 15.8 Å². The fourth-order valence-corrected chi connectivity index (χ4v) is 5.85. The molecule has 1 aliphatic heterocycles. The van der Waals surface area contributed by atoms with Crippen molar-refractivity contribution >= 4 is 11.4 Å². The largest absolute Gasteiger partial charge is 0.477 e. The van der Waals surface area contributed by atoms with Crippen molar-refractivity contribution in [1.82, 2.24) is 15.2 Å². The topological polar surface area (TPSA) is 87.2 Å². The summed E-state index contributed by atoms with van der Waals surface area (Å²) in [5.74, 6) is 0.914. The van der Waals surface area contributed by atoms with Crippen molar-refractivity contribution in [3.63, 3.8) is 0 Å². The first-order valence-corrected chi connectivity index (χ1v) is 14.6. The molecule has 1 saturated carbocycles. The molecule has 3 aromatic rings. The highest BCUT2D eigenvalue weighted by Crippen LogP contribution is 2.36. The van der Waals surface area contributed by atoms with Crippen LogP contribution in [-0.4, -0.2) is 36.1 Å². The zero-order chi connectivity index (χ0) is 28.1. The molecule has 0 bridgehead atoms. The first-order valence-electron chi connectivity index (χ1n) is 14.6. The molecule has 2 aliphatic rings. The first kappa shape index (κ1) is 27.7. The number of nitrogens with one attached hydrogen (secondary N) is 1. The van der Waals surface area contributed by atoms with Gasteiger partial charge in [0.2, 0.25) is 5.88 Å². The van der Waals surface area contributed by atoms with E-state index in [-0.39, 0.29) is 5.54 Å². The van der Waals surface area contributed by atoms with Crippen LogP contribution in [0.5, 0.6) is 5.88 Å². The number of nitrogen functional groups attached to an aromatic ring is 1. The van der Waals surface area contributed by atoms with Crippen LogP contribution in [0, 0.1) is 17.2 Å². The number of allylic oxidation sites excluding steroid dienone is 1. The fraction of sp³-hybridized carbons (Fsp3) is 0.412. The molecule has 0 spiro atoms. The first-order chi connectivity index (χ1) is 19.4. The fourth-order valence-electron chi connectivity index (χ4n) is 5.85. The molecule has 2 fully saturated rings. The Hall–Kier alpha value is -3.82. The summed E-state index contributed by atoms with van der Waals surface area (Å²) < 4.78 is 5.66. The molecule has 208 valence electrons. The van der Waals surface area contributed by atoms with Gasteiger partial charge in [-0.3, -0.25) is 4.90 Å². The van der Waals surface area contributed by atoms with Gasteiger partial charge in [-0.05, 0) is 100 Å². The molecule has 6 nitrogen and oxygen atoms in total. The van der Waals surface area contributed by atoms with Crippen molar-refractivity contribution < 1.29 is 4.74 Å². The number of hydrogen-bond acceptors (Lipinski definition) is 6. The van der Waals surface area contributed by atoms with E-state index in [1.807, 2.05) is 13.0 Å². The zero-order valence-corrected chi connectivity index (χ0v) is 24.0. The number of hydrogen-bond donors (Lipinski definition) is 2. The predicted molar refractivity (Wildman–Crippen MR) is 163 cm³/mol. The molecule has 1 aliphatic carbocycles. The molecule has 2 aromatic carbocycles. The number of aromatic nitrogens is 1. The molecule has 0 radical (unpaired) electrons. The maximum Gasteiger partial charge on any atom is 0.234 e. The second-order valence-corrected chi connectivity index (χ2v) is 11.5. The van der Waals surface area contributed by atoms with Crippen LogP contribution < -0.4 is 15.8 Å². The SMILES string of the molecule is CCOc1nc(C(NCC2CCN(C(C)(C)c3ccc(-c4ccccc4)cc3)CC2)=C2CCC2)cc(N)c1C#N. The van der Waals surface area contributed by atoms with Gasteiger partial charge in [0, 0.05) is 12.1 Å². The highest BCUT2D eigenvalue weighted by molar-refractivity contribution is 5.71. The van der Waals surface area contributed by atoms with Crippen LogP contribution in [0.4, 0.5) is 5.69 Å². The van der Waals surface area contributed by atoms with Crippen molar-refractivity contribution in [3.8, 4) is 23.1 Å². The Labute approximate surface area is 238 Å². The Kier molecular flexibility index (Phi) is 8.42. The second-order valence-electron chi connectivity index (χ2n) is 11.5. The zero-order valence-electron chi connectivity index (χ0n) is 24.0. The van der Waals surface area contributed by atoms with Gasteiger partial charge in [0.05, 0.1) is 23.7 Å². The number of pyridine rings is 1. The van der Waals surface area contributed by atoms with E-state index in [0.29, 0.717) is 29.7 Å². The molecular weight excluding hydrogens is 494 g/mol. The summed E-state index contributed by atoms with van der Waals surface area (Å²) in [6.45, 7) is 10.1. The number of nitriles is 1. The molecular formula is C34H41N5O. The Balaban J connectivity index is 1.22. The third-order valence-corrected chi connectivity index (χ3v) is 8.65. The van der Waals surface area contributed by atoms with Gasteiger partial charge in [-0.15, -0.1) is 0 Å². The minimum Gasteiger partial charge on any atom is -0.477 e. The molecule has 6 heteroatoms. The van der Waals surface area contributed by atoms with Crippen LogP contribution in [0.3, 0.4) is 0 Å². The Bertz CT molecular complexity index is 1370. The lowest BCUT2D eigenvalue weighted by Crippen LogP contribution is -2.47. The molecule has 3 N–H and O–H groups in total. The van der Waals surface area contributed by atoms with E-state index in [1.165, 1.54) is 28.7 Å². The molecule has 0 atom stereocenters. The van der Waals surface area contributed by atoms with Crippen LogP contribution in [0.25, 0.3) is 16.8 Å². The van der Waals surface area contributed by atoms with E-state index < -0.39 is 0 Å². The minimum atomic E-state index is -0.0215. The average molecular weight is 536 g/mol. The third kappa shape index (κ3) is 5.85. The predicted octanol–water partition coefficient (Wildman–Crippen LogP) is 6.73. The lowest BCUT2D eigenvalue weighted by Gasteiger charge is -2.43. The molecule has 0 unspecified atom stereocenters. The summed E-state index contributed by atoms with van der Waals surface area (Å²) in [5.41, 5.74) is 14.1. The van der Waals surface area contributed by atoms with E-state index in [4.69, 9.17) is 15.5 Å². The summed E-state index contributed by atoms with van der Waals surface area (Å²) in [4.78, 5) is 7.34. The van der Waals surface area contributed by atoms with Crippen molar-refractivity contribution in [1.29, 1.82) is 5.26 Å². The summed E-state index contributed by atoms with van der Waals surface area (Å²) in [7, 11) is 0. The normalized spacial score (nSPS) is 16.2. The average Bonchev–Trinajstić information content (AvgIpc) is 2.95. The van der Waals surface area contributed by atoms with Crippen molar-refractivity contribution in [2.45, 2.75) is 58.4 Å². The van der Waals surface area contributed by atoms with Crippen LogP contribution in [0.2, 0.25) is 0 Å². The van der Waals surface area contributed by atoms with E-state index in [9.17, 15) is 5.26 Å². The highest BCUT2D eigenvalue weighted by Gasteiger charge is 2.32. The van der Waals surface area contributed by atoms with Gasteiger partial charge in [-0.1, -0.05) is 54.6 Å². The number of rotatable bonds is 9. The van der Waals surface area contributed by atoms with Crippen LogP contribution >= 0.6 is 0 Å². The van der Waals surface area contributed by atoms with Gasteiger partial charge in [0.25, 0.3) is 0 Å².